The van der Waals surface area contributed by atoms with Crippen molar-refractivity contribution in [1.82, 2.24) is 14.5 Å². The lowest BCUT2D eigenvalue weighted by Gasteiger charge is -2.24. The first-order chi connectivity index (χ1) is 11.8. The number of nitrogens with one attached hydrogen (secondary N) is 2. The van der Waals surface area contributed by atoms with Gasteiger partial charge in [-0.2, -0.15) is 0 Å². The van der Waals surface area contributed by atoms with E-state index in [1.165, 1.54) is 18.3 Å². The van der Waals surface area contributed by atoms with Gasteiger partial charge in [0.2, 0.25) is 11.9 Å². The third kappa shape index (κ3) is 3.53. The molecule has 0 aliphatic carbocycles. The highest BCUT2D eigenvalue weighted by molar-refractivity contribution is 7.14. The van der Waals surface area contributed by atoms with Crippen molar-refractivity contribution >= 4 is 45.3 Å². The summed E-state index contributed by atoms with van der Waals surface area (Å²) in [6.07, 6.45) is 0. The zero-order valence-corrected chi connectivity index (χ0v) is 15.3. The summed E-state index contributed by atoms with van der Waals surface area (Å²) in [5, 5.41) is 7.40. The molecular formula is C17H19N5O2S. The van der Waals surface area contributed by atoms with Crippen LogP contribution in [0.1, 0.15) is 38.2 Å². The number of aromatic nitrogens is 3. The first-order valence-electron chi connectivity index (χ1n) is 7.78. The van der Waals surface area contributed by atoms with Crippen molar-refractivity contribution in [2.24, 2.45) is 0 Å². The highest BCUT2D eigenvalue weighted by atomic mass is 32.1. The molecule has 0 spiro atoms. The number of hydrogen-bond acceptors (Lipinski definition) is 5. The number of para-hydroxylation sites is 2. The second-order valence-electron chi connectivity index (χ2n) is 6.60. The summed E-state index contributed by atoms with van der Waals surface area (Å²) in [7, 11) is 0. The first-order valence-corrected chi connectivity index (χ1v) is 8.66. The molecule has 2 heterocycles. The van der Waals surface area contributed by atoms with Crippen LogP contribution in [0.25, 0.3) is 11.0 Å². The molecule has 2 N–H and O–H groups in total. The predicted molar refractivity (Wildman–Crippen MR) is 99.1 cm³/mol. The van der Waals surface area contributed by atoms with Crippen molar-refractivity contribution in [3.05, 3.63) is 35.3 Å². The van der Waals surface area contributed by atoms with Gasteiger partial charge in [0.05, 0.1) is 11.0 Å². The van der Waals surface area contributed by atoms with E-state index in [1.54, 1.807) is 5.38 Å². The van der Waals surface area contributed by atoms with Gasteiger partial charge < -0.3 is 9.88 Å². The van der Waals surface area contributed by atoms with E-state index < -0.39 is 0 Å². The summed E-state index contributed by atoms with van der Waals surface area (Å²) in [5.74, 6) is -0.128. The number of carbonyl (C=O) groups excluding carboxylic acids is 2. The third-order valence-corrected chi connectivity index (χ3v) is 4.23. The molecule has 0 saturated carbocycles. The van der Waals surface area contributed by atoms with Crippen molar-refractivity contribution in [2.75, 3.05) is 10.6 Å². The van der Waals surface area contributed by atoms with Crippen LogP contribution in [0.2, 0.25) is 0 Å². The molecule has 2 aromatic heterocycles. The second-order valence-corrected chi connectivity index (χ2v) is 7.46. The molecule has 2 amide bonds. The molecule has 0 radical (unpaired) electrons. The van der Waals surface area contributed by atoms with Crippen LogP contribution in [0.4, 0.5) is 11.1 Å². The molecule has 8 heteroatoms. The molecule has 0 atom stereocenters. The first kappa shape index (κ1) is 17.1. The van der Waals surface area contributed by atoms with Crippen LogP contribution in [0.3, 0.4) is 0 Å². The smallest absolute Gasteiger partial charge is 0.277 e. The molecule has 0 aliphatic heterocycles. The maximum Gasteiger partial charge on any atom is 0.277 e. The lowest BCUT2D eigenvalue weighted by molar-refractivity contribution is -0.114. The van der Waals surface area contributed by atoms with Gasteiger partial charge in [0.1, 0.15) is 5.69 Å². The number of fused-ring (bicyclic) bond motifs is 1. The fourth-order valence-corrected chi connectivity index (χ4v) is 3.28. The summed E-state index contributed by atoms with van der Waals surface area (Å²) < 4.78 is 1.99. The van der Waals surface area contributed by atoms with Crippen LogP contribution in [0.15, 0.2) is 29.6 Å². The summed E-state index contributed by atoms with van der Waals surface area (Å²) in [5.41, 5.74) is 1.73. The van der Waals surface area contributed by atoms with Crippen LogP contribution >= 0.6 is 11.3 Å². The van der Waals surface area contributed by atoms with Crippen molar-refractivity contribution in [3.8, 4) is 0 Å². The van der Waals surface area contributed by atoms with Gasteiger partial charge in [-0.1, -0.05) is 12.1 Å². The minimum Gasteiger partial charge on any atom is -0.305 e. The van der Waals surface area contributed by atoms with E-state index in [0.29, 0.717) is 11.1 Å². The Bertz CT molecular complexity index is 952. The monoisotopic (exact) mass is 357 g/mol. The van der Waals surface area contributed by atoms with Gasteiger partial charge in [0.25, 0.3) is 5.91 Å². The molecule has 3 rings (SSSR count). The average Bonchev–Trinajstić information content (AvgIpc) is 3.09. The van der Waals surface area contributed by atoms with Crippen LogP contribution in [0.5, 0.6) is 0 Å². The SMILES string of the molecule is CC(=O)Nc1nc(C(=O)Nc2nc3ccccc3n2C(C)(C)C)cs1. The summed E-state index contributed by atoms with van der Waals surface area (Å²) in [4.78, 5) is 32.3. The number of amides is 2. The second kappa shape index (κ2) is 6.29. The molecule has 0 saturated heterocycles. The Balaban J connectivity index is 1.93. The van der Waals surface area contributed by atoms with Gasteiger partial charge in [-0.25, -0.2) is 9.97 Å². The van der Waals surface area contributed by atoms with Gasteiger partial charge in [0.15, 0.2) is 5.13 Å². The number of anilines is 2. The Morgan fingerprint density at radius 3 is 2.52 bits per heavy atom. The number of rotatable bonds is 3. The average molecular weight is 357 g/mol. The Morgan fingerprint density at radius 1 is 1.12 bits per heavy atom. The third-order valence-electron chi connectivity index (χ3n) is 3.48. The molecule has 1 aromatic carbocycles. The van der Waals surface area contributed by atoms with Crippen molar-refractivity contribution in [3.63, 3.8) is 0 Å². The topological polar surface area (TPSA) is 88.9 Å². The van der Waals surface area contributed by atoms with E-state index in [1.807, 2.05) is 28.8 Å². The summed E-state index contributed by atoms with van der Waals surface area (Å²) in [6, 6.07) is 7.73. The number of benzene rings is 1. The van der Waals surface area contributed by atoms with Crippen LogP contribution < -0.4 is 10.6 Å². The maximum absolute atomic E-state index is 12.5. The summed E-state index contributed by atoms with van der Waals surface area (Å²) in [6.45, 7) is 7.55. The summed E-state index contributed by atoms with van der Waals surface area (Å²) >= 11 is 1.20. The van der Waals surface area contributed by atoms with E-state index in [-0.39, 0.29) is 23.0 Å². The normalized spacial score (nSPS) is 11.5. The van der Waals surface area contributed by atoms with Gasteiger partial charge in [0, 0.05) is 17.8 Å². The number of thiazole rings is 1. The molecule has 130 valence electrons. The van der Waals surface area contributed by atoms with Gasteiger partial charge >= 0.3 is 0 Å². The van der Waals surface area contributed by atoms with Crippen LogP contribution in [-0.4, -0.2) is 26.3 Å². The number of hydrogen-bond donors (Lipinski definition) is 2. The molecule has 3 aromatic rings. The number of nitrogens with zero attached hydrogens (tertiary/aromatic N) is 3. The molecule has 7 nitrogen and oxygen atoms in total. The Labute approximate surface area is 149 Å². The van der Waals surface area contributed by atoms with Crippen molar-refractivity contribution < 1.29 is 9.59 Å². The van der Waals surface area contributed by atoms with E-state index in [2.05, 4.69) is 41.4 Å². The fraction of sp³-hybridized carbons (Fsp3) is 0.294. The van der Waals surface area contributed by atoms with Gasteiger partial charge in [-0.15, -0.1) is 11.3 Å². The molecule has 0 bridgehead atoms. The Morgan fingerprint density at radius 2 is 1.84 bits per heavy atom. The minimum absolute atomic E-state index is 0.226. The Hall–Kier alpha value is -2.74. The Kier molecular flexibility index (Phi) is 4.30. The minimum atomic E-state index is -0.367. The molecule has 0 unspecified atom stereocenters. The molecule has 0 fully saturated rings. The largest absolute Gasteiger partial charge is 0.305 e. The molecule has 25 heavy (non-hydrogen) atoms. The number of imidazole rings is 1. The van der Waals surface area contributed by atoms with E-state index in [9.17, 15) is 9.59 Å². The van der Waals surface area contributed by atoms with E-state index in [4.69, 9.17) is 0 Å². The standard InChI is InChI=1S/C17H19N5O2S/c1-10(23)18-16-20-12(9-25-16)14(24)21-15-19-11-7-5-6-8-13(11)22(15)17(2,3)4/h5-9H,1-4H3,(H,18,20,23)(H,19,21,24). The van der Waals surface area contributed by atoms with Crippen LogP contribution in [-0.2, 0) is 10.3 Å². The zero-order valence-electron chi connectivity index (χ0n) is 14.5. The van der Waals surface area contributed by atoms with E-state index >= 15 is 0 Å². The maximum atomic E-state index is 12.5. The van der Waals surface area contributed by atoms with Crippen molar-refractivity contribution in [2.45, 2.75) is 33.2 Å². The molecule has 0 aliphatic rings. The lowest BCUT2D eigenvalue weighted by atomic mass is 10.1. The van der Waals surface area contributed by atoms with Crippen molar-refractivity contribution in [1.29, 1.82) is 0 Å². The van der Waals surface area contributed by atoms with Gasteiger partial charge in [-0.3, -0.25) is 14.9 Å². The number of carbonyl (C=O) groups is 2. The quantitative estimate of drug-likeness (QED) is 0.751. The highest BCUT2D eigenvalue weighted by Gasteiger charge is 2.23. The van der Waals surface area contributed by atoms with Gasteiger partial charge in [-0.05, 0) is 32.9 Å². The lowest BCUT2D eigenvalue weighted by Crippen LogP contribution is -2.26. The van der Waals surface area contributed by atoms with Crippen LogP contribution in [0, 0.1) is 0 Å². The fourth-order valence-electron chi connectivity index (χ4n) is 2.54. The predicted octanol–water partition coefficient (Wildman–Crippen LogP) is 3.46. The zero-order chi connectivity index (χ0) is 18.2. The highest BCUT2D eigenvalue weighted by Crippen LogP contribution is 2.28. The molecular weight excluding hydrogens is 338 g/mol. The van der Waals surface area contributed by atoms with E-state index in [0.717, 1.165) is 11.0 Å².